The van der Waals surface area contributed by atoms with Gasteiger partial charge in [-0.05, 0) is 96.8 Å². The zero-order valence-electron chi connectivity index (χ0n) is 26.6. The molecule has 1 amide bonds. The van der Waals surface area contributed by atoms with E-state index in [1.165, 1.54) is 11.3 Å². The van der Waals surface area contributed by atoms with Crippen LogP contribution < -0.4 is 15.0 Å². The van der Waals surface area contributed by atoms with Gasteiger partial charge in [0.2, 0.25) is 0 Å². The standard InChI is InChI=1S/C37H45N5O3/c1-3-5-22-44-23-24-45-35-15-10-30(11-16-35)31-12-17-36-33(25-31)26-32(18-21-41(36)19-4-2)37(43)40-34-13-8-29(9-14-34)7-6-20-42-28-38-27-39-42/h8-17,25-28H,3-7,18-24H2,1-2H3,(H,40,43). The highest BCUT2D eigenvalue weighted by Gasteiger charge is 2.20. The molecule has 1 N–H and O–H groups in total. The Labute approximate surface area is 267 Å². The van der Waals surface area contributed by atoms with Gasteiger partial charge in [-0.25, -0.2) is 4.98 Å². The summed E-state index contributed by atoms with van der Waals surface area (Å²) in [4.78, 5) is 19.9. The van der Waals surface area contributed by atoms with Gasteiger partial charge in [0.1, 0.15) is 25.0 Å². The highest BCUT2D eigenvalue weighted by atomic mass is 16.5. The third-order valence-corrected chi connectivity index (χ3v) is 7.99. The van der Waals surface area contributed by atoms with Crippen LogP contribution in [0.25, 0.3) is 17.2 Å². The van der Waals surface area contributed by atoms with E-state index in [9.17, 15) is 4.79 Å². The van der Waals surface area contributed by atoms with E-state index >= 15 is 0 Å². The van der Waals surface area contributed by atoms with Gasteiger partial charge in [0.05, 0.1) is 6.61 Å². The summed E-state index contributed by atoms with van der Waals surface area (Å²) < 4.78 is 13.3. The van der Waals surface area contributed by atoms with Crippen LogP contribution in [-0.2, 0) is 22.5 Å². The van der Waals surface area contributed by atoms with Gasteiger partial charge in [0.25, 0.3) is 5.91 Å². The van der Waals surface area contributed by atoms with Crippen molar-refractivity contribution < 1.29 is 14.3 Å². The predicted octanol–water partition coefficient (Wildman–Crippen LogP) is 7.42. The SMILES string of the molecule is CCCCOCCOc1ccc(-c2ccc3c(c2)C=C(C(=O)Nc2ccc(CCCn4cncn4)cc2)CCN3CCC)cc1. The van der Waals surface area contributed by atoms with Gasteiger partial charge < -0.3 is 19.7 Å². The Morgan fingerprint density at radius 1 is 0.889 bits per heavy atom. The second-order valence-corrected chi connectivity index (χ2v) is 11.4. The van der Waals surface area contributed by atoms with E-state index in [-0.39, 0.29) is 5.91 Å². The number of hydrogen-bond acceptors (Lipinski definition) is 6. The van der Waals surface area contributed by atoms with Crippen LogP contribution in [-0.4, -0.2) is 53.6 Å². The number of aryl methyl sites for hydroxylation is 2. The van der Waals surface area contributed by atoms with Crippen molar-refractivity contribution in [3.05, 3.63) is 96.1 Å². The first-order valence-electron chi connectivity index (χ1n) is 16.3. The van der Waals surface area contributed by atoms with E-state index in [2.05, 4.69) is 82.7 Å². The van der Waals surface area contributed by atoms with E-state index in [0.717, 1.165) is 92.0 Å². The third kappa shape index (κ3) is 9.28. The predicted molar refractivity (Wildman–Crippen MR) is 182 cm³/mol. The molecule has 0 atom stereocenters. The average Bonchev–Trinajstić information content (AvgIpc) is 3.52. The number of ether oxygens (including phenoxy) is 2. The van der Waals surface area contributed by atoms with Crippen molar-refractivity contribution in [1.82, 2.24) is 14.8 Å². The first-order valence-corrected chi connectivity index (χ1v) is 16.3. The maximum Gasteiger partial charge on any atom is 0.251 e. The van der Waals surface area contributed by atoms with Gasteiger partial charge >= 0.3 is 0 Å². The number of anilines is 2. The smallest absolute Gasteiger partial charge is 0.251 e. The minimum Gasteiger partial charge on any atom is -0.491 e. The van der Waals surface area contributed by atoms with Gasteiger partial charge in [0.15, 0.2) is 0 Å². The van der Waals surface area contributed by atoms with Crippen LogP contribution in [0.15, 0.2) is 85.0 Å². The van der Waals surface area contributed by atoms with E-state index in [4.69, 9.17) is 9.47 Å². The summed E-state index contributed by atoms with van der Waals surface area (Å²) in [7, 11) is 0. The molecule has 0 aliphatic carbocycles. The first kappa shape index (κ1) is 32.0. The molecule has 0 spiro atoms. The fraction of sp³-hybridized carbons (Fsp3) is 0.378. The van der Waals surface area contributed by atoms with Crippen molar-refractivity contribution in [1.29, 1.82) is 0 Å². The van der Waals surface area contributed by atoms with E-state index in [1.807, 2.05) is 28.9 Å². The number of benzene rings is 3. The summed E-state index contributed by atoms with van der Waals surface area (Å²) in [6.07, 6.45) is 11.2. The van der Waals surface area contributed by atoms with E-state index in [0.29, 0.717) is 19.6 Å². The van der Waals surface area contributed by atoms with E-state index < -0.39 is 0 Å². The van der Waals surface area contributed by atoms with Crippen LogP contribution in [0.4, 0.5) is 11.4 Å². The highest BCUT2D eigenvalue weighted by Crippen LogP contribution is 2.33. The number of unbranched alkanes of at least 4 members (excludes halogenated alkanes) is 1. The van der Waals surface area contributed by atoms with Gasteiger partial charge in [-0.2, -0.15) is 5.10 Å². The molecule has 8 heteroatoms. The Balaban J connectivity index is 1.24. The average molecular weight is 608 g/mol. The second-order valence-electron chi connectivity index (χ2n) is 11.4. The summed E-state index contributed by atoms with van der Waals surface area (Å²) in [5, 5.41) is 7.29. The van der Waals surface area contributed by atoms with Crippen LogP contribution in [0.5, 0.6) is 5.75 Å². The lowest BCUT2D eigenvalue weighted by atomic mass is 10.00. The van der Waals surface area contributed by atoms with Gasteiger partial charge in [-0.3, -0.25) is 9.48 Å². The van der Waals surface area contributed by atoms with E-state index in [1.54, 1.807) is 12.7 Å². The molecule has 1 aromatic heterocycles. The summed E-state index contributed by atoms with van der Waals surface area (Å²) in [5.41, 5.74) is 7.27. The minimum atomic E-state index is -0.0520. The maximum absolute atomic E-state index is 13.5. The Morgan fingerprint density at radius 2 is 1.71 bits per heavy atom. The first-order chi connectivity index (χ1) is 22.1. The molecule has 1 aliphatic rings. The number of carbonyl (C=O) groups excluding carboxylic acids is 1. The van der Waals surface area contributed by atoms with Crippen LogP contribution in [0, 0.1) is 0 Å². The number of rotatable bonds is 16. The number of fused-ring (bicyclic) bond motifs is 1. The highest BCUT2D eigenvalue weighted by molar-refractivity contribution is 6.07. The molecule has 2 heterocycles. The number of nitrogens with one attached hydrogen (secondary N) is 1. The van der Waals surface area contributed by atoms with Crippen molar-refractivity contribution in [2.24, 2.45) is 0 Å². The fourth-order valence-electron chi connectivity index (χ4n) is 5.52. The van der Waals surface area contributed by atoms with Crippen LogP contribution in [0.3, 0.4) is 0 Å². The molecule has 45 heavy (non-hydrogen) atoms. The number of carbonyl (C=O) groups is 1. The molecule has 0 saturated heterocycles. The monoisotopic (exact) mass is 607 g/mol. The van der Waals surface area contributed by atoms with Crippen LogP contribution in [0.2, 0.25) is 0 Å². The molecule has 5 rings (SSSR count). The molecule has 0 fully saturated rings. The number of aromatic nitrogens is 3. The molecule has 8 nitrogen and oxygen atoms in total. The molecular formula is C37H45N5O3. The number of nitrogens with zero attached hydrogens (tertiary/aromatic N) is 4. The molecule has 0 radical (unpaired) electrons. The summed E-state index contributed by atoms with van der Waals surface area (Å²) in [6, 6.07) is 22.9. The largest absolute Gasteiger partial charge is 0.491 e. The molecule has 1 aliphatic heterocycles. The molecule has 0 bridgehead atoms. The Bertz CT molecular complexity index is 1510. The van der Waals surface area contributed by atoms with Crippen LogP contribution in [0.1, 0.15) is 57.1 Å². The van der Waals surface area contributed by atoms with Gasteiger partial charge in [-0.15, -0.1) is 0 Å². The summed E-state index contributed by atoms with van der Waals surface area (Å²) in [5.74, 6) is 0.782. The lowest BCUT2D eigenvalue weighted by Crippen LogP contribution is -2.26. The van der Waals surface area contributed by atoms with Gasteiger partial charge in [-0.1, -0.05) is 50.6 Å². The topological polar surface area (TPSA) is 81.5 Å². The number of amides is 1. The Kier molecular flexibility index (Phi) is 11.8. The normalized spacial score (nSPS) is 12.8. The van der Waals surface area contributed by atoms with Crippen molar-refractivity contribution >= 4 is 23.4 Å². The van der Waals surface area contributed by atoms with Crippen molar-refractivity contribution in [3.63, 3.8) is 0 Å². The van der Waals surface area contributed by atoms with Crippen molar-refractivity contribution in [2.75, 3.05) is 43.1 Å². The summed E-state index contributed by atoms with van der Waals surface area (Å²) >= 11 is 0. The fourth-order valence-corrected chi connectivity index (χ4v) is 5.52. The molecule has 236 valence electrons. The Morgan fingerprint density at radius 3 is 2.47 bits per heavy atom. The van der Waals surface area contributed by atoms with Crippen LogP contribution >= 0.6 is 0 Å². The summed E-state index contributed by atoms with van der Waals surface area (Å²) in [6.45, 7) is 8.86. The molecule has 3 aromatic carbocycles. The molecule has 0 unspecified atom stereocenters. The number of hydrogen-bond donors (Lipinski definition) is 1. The Hall–Kier alpha value is -4.43. The zero-order valence-corrected chi connectivity index (χ0v) is 26.6. The van der Waals surface area contributed by atoms with Gasteiger partial charge in [0, 0.05) is 43.2 Å². The third-order valence-electron chi connectivity index (χ3n) is 7.99. The second kappa shape index (κ2) is 16.6. The lowest BCUT2D eigenvalue weighted by molar-refractivity contribution is -0.112. The molecular weight excluding hydrogens is 562 g/mol. The molecule has 4 aromatic rings. The zero-order chi connectivity index (χ0) is 31.3. The lowest BCUT2D eigenvalue weighted by Gasteiger charge is -2.25. The maximum atomic E-state index is 13.5. The minimum absolute atomic E-state index is 0.0520. The molecule has 0 saturated carbocycles. The van der Waals surface area contributed by atoms with Crippen molar-refractivity contribution in [2.45, 2.75) is 58.9 Å². The van der Waals surface area contributed by atoms with Crippen molar-refractivity contribution in [3.8, 4) is 16.9 Å². The quantitative estimate of drug-likeness (QED) is 0.134.